The largest absolute Gasteiger partial charge is 0.493 e. The van der Waals surface area contributed by atoms with E-state index in [0.717, 1.165) is 18.7 Å². The highest BCUT2D eigenvalue weighted by Gasteiger charge is 2.33. The predicted octanol–water partition coefficient (Wildman–Crippen LogP) is 3.01. The Labute approximate surface area is 160 Å². The van der Waals surface area contributed by atoms with E-state index in [1.54, 1.807) is 7.11 Å². The number of hydrogen-bond acceptors (Lipinski definition) is 5. The molecule has 0 saturated carbocycles. The van der Waals surface area contributed by atoms with Crippen LogP contribution in [0.5, 0.6) is 11.5 Å². The summed E-state index contributed by atoms with van der Waals surface area (Å²) in [7, 11) is 1.57. The molecule has 0 bridgehead atoms. The number of rotatable bonds is 10. The van der Waals surface area contributed by atoms with Crippen molar-refractivity contribution in [3.05, 3.63) is 23.8 Å². The smallest absolute Gasteiger partial charge is 0.250 e. The fourth-order valence-electron chi connectivity index (χ4n) is 3.25. The van der Waals surface area contributed by atoms with E-state index in [0.29, 0.717) is 37.7 Å². The first-order chi connectivity index (χ1) is 12.9. The molecule has 1 aromatic rings. The molecule has 0 aromatic heterocycles. The van der Waals surface area contributed by atoms with Crippen molar-refractivity contribution in [2.75, 3.05) is 46.4 Å². The summed E-state index contributed by atoms with van der Waals surface area (Å²) in [4.78, 5) is 4.16. The fraction of sp³-hybridized carbons (Fsp3) is 0.700. The molecule has 1 aliphatic heterocycles. The molecule has 0 amide bonds. The third-order valence-corrected chi connectivity index (χ3v) is 5.02. The van der Waals surface area contributed by atoms with E-state index in [-0.39, 0.29) is 19.4 Å². The van der Waals surface area contributed by atoms with Gasteiger partial charge in [0.1, 0.15) is 12.7 Å². The number of alkyl halides is 2. The summed E-state index contributed by atoms with van der Waals surface area (Å²) in [5.74, 6) is -1.37. The summed E-state index contributed by atoms with van der Waals surface area (Å²) in [5, 5.41) is 10.2. The summed E-state index contributed by atoms with van der Waals surface area (Å²) in [6.07, 6.45) is -0.781. The van der Waals surface area contributed by atoms with Gasteiger partial charge in [0.25, 0.3) is 5.92 Å². The minimum atomic E-state index is -2.54. The van der Waals surface area contributed by atoms with E-state index in [4.69, 9.17) is 9.47 Å². The van der Waals surface area contributed by atoms with E-state index >= 15 is 0 Å². The Bertz CT molecular complexity index is 572. The van der Waals surface area contributed by atoms with Gasteiger partial charge in [0, 0.05) is 39.0 Å². The van der Waals surface area contributed by atoms with Crippen LogP contribution in [0, 0.1) is 0 Å². The molecular formula is C20H32F2N2O3. The highest BCUT2D eigenvalue weighted by Crippen LogP contribution is 2.31. The molecule has 0 aliphatic carbocycles. The van der Waals surface area contributed by atoms with Crippen LogP contribution in [-0.4, -0.2) is 73.4 Å². The molecule has 1 atom stereocenters. The summed E-state index contributed by atoms with van der Waals surface area (Å²) < 4.78 is 37.8. The van der Waals surface area contributed by atoms with Crippen LogP contribution in [0.25, 0.3) is 0 Å². The van der Waals surface area contributed by atoms with Crippen LogP contribution in [0.15, 0.2) is 18.2 Å². The molecule has 0 spiro atoms. The molecule has 1 N–H and O–H groups in total. The van der Waals surface area contributed by atoms with E-state index in [1.165, 1.54) is 0 Å². The van der Waals surface area contributed by atoms with Crippen LogP contribution in [0.3, 0.4) is 0 Å². The first kappa shape index (κ1) is 21.9. The number of nitrogens with zero attached hydrogens (tertiary/aromatic N) is 2. The van der Waals surface area contributed by atoms with Crippen molar-refractivity contribution >= 4 is 0 Å². The average Bonchev–Trinajstić information content (AvgIpc) is 2.66. The average molecular weight is 386 g/mol. The standard InChI is InChI=1S/C20H32F2N2O3/c1-4-23(5-2)14-17(25)15-27-19-12-16(6-7-18(19)26-3)13-24-10-8-20(21,22)9-11-24/h6-7,12,17,25H,4-5,8-11,13-15H2,1-3H3/t17-/m1/s1. The third kappa shape index (κ3) is 6.90. The van der Waals surface area contributed by atoms with Gasteiger partial charge in [-0.05, 0) is 30.8 Å². The highest BCUT2D eigenvalue weighted by atomic mass is 19.3. The molecule has 1 aromatic carbocycles. The number of piperidine rings is 1. The summed E-state index contributed by atoms with van der Waals surface area (Å²) in [6, 6.07) is 5.61. The van der Waals surface area contributed by atoms with Crippen LogP contribution >= 0.6 is 0 Å². The van der Waals surface area contributed by atoms with E-state index in [9.17, 15) is 13.9 Å². The lowest BCUT2D eigenvalue weighted by Gasteiger charge is -2.31. The van der Waals surface area contributed by atoms with Crippen molar-refractivity contribution in [3.8, 4) is 11.5 Å². The van der Waals surface area contributed by atoms with E-state index in [2.05, 4.69) is 18.7 Å². The minimum absolute atomic E-state index is 0.0932. The van der Waals surface area contributed by atoms with E-state index < -0.39 is 12.0 Å². The van der Waals surface area contributed by atoms with Gasteiger partial charge in [0.2, 0.25) is 0 Å². The molecule has 1 saturated heterocycles. The van der Waals surface area contributed by atoms with Gasteiger partial charge in [0.05, 0.1) is 7.11 Å². The normalized spacial score (nSPS) is 18.5. The van der Waals surface area contributed by atoms with Crippen molar-refractivity contribution in [2.45, 2.75) is 45.3 Å². The molecule has 1 fully saturated rings. The zero-order chi connectivity index (χ0) is 19.9. The Kier molecular flexibility index (Phi) is 8.26. The number of aliphatic hydroxyl groups is 1. The quantitative estimate of drug-likeness (QED) is 0.670. The number of hydrogen-bond donors (Lipinski definition) is 1. The lowest BCUT2D eigenvalue weighted by molar-refractivity contribution is -0.0566. The van der Waals surface area contributed by atoms with Gasteiger partial charge in [-0.3, -0.25) is 4.90 Å². The number of ether oxygens (including phenoxy) is 2. The molecular weight excluding hydrogens is 354 g/mol. The van der Waals surface area contributed by atoms with Gasteiger partial charge in [-0.25, -0.2) is 8.78 Å². The number of methoxy groups -OCH3 is 1. The Hall–Kier alpha value is -1.44. The zero-order valence-electron chi connectivity index (χ0n) is 16.6. The predicted molar refractivity (Wildman–Crippen MR) is 102 cm³/mol. The number of aliphatic hydroxyl groups excluding tert-OH is 1. The second kappa shape index (κ2) is 10.2. The van der Waals surface area contributed by atoms with Crippen LogP contribution in [-0.2, 0) is 6.54 Å². The monoisotopic (exact) mass is 386 g/mol. The minimum Gasteiger partial charge on any atom is -0.493 e. The van der Waals surface area contributed by atoms with Crippen molar-refractivity contribution in [3.63, 3.8) is 0 Å². The maximum atomic E-state index is 13.3. The molecule has 27 heavy (non-hydrogen) atoms. The molecule has 2 rings (SSSR count). The van der Waals surface area contributed by atoms with Crippen molar-refractivity contribution in [1.82, 2.24) is 9.80 Å². The van der Waals surface area contributed by atoms with Crippen molar-refractivity contribution < 1.29 is 23.4 Å². The lowest BCUT2D eigenvalue weighted by Crippen LogP contribution is -2.38. The Balaban J connectivity index is 1.94. The lowest BCUT2D eigenvalue weighted by atomic mass is 10.1. The van der Waals surface area contributed by atoms with Gasteiger partial charge < -0.3 is 19.5 Å². The molecule has 5 nitrogen and oxygen atoms in total. The highest BCUT2D eigenvalue weighted by molar-refractivity contribution is 5.43. The number of likely N-dealkylation sites (tertiary alicyclic amines) is 1. The Morgan fingerprint density at radius 1 is 1.19 bits per heavy atom. The number of likely N-dealkylation sites (N-methyl/N-ethyl adjacent to an activating group) is 1. The third-order valence-electron chi connectivity index (χ3n) is 5.02. The molecule has 7 heteroatoms. The Morgan fingerprint density at radius 2 is 1.85 bits per heavy atom. The number of benzene rings is 1. The van der Waals surface area contributed by atoms with Gasteiger partial charge >= 0.3 is 0 Å². The first-order valence-electron chi connectivity index (χ1n) is 9.67. The molecule has 154 valence electrons. The zero-order valence-corrected chi connectivity index (χ0v) is 16.6. The van der Waals surface area contributed by atoms with Crippen LogP contribution in [0.4, 0.5) is 8.78 Å². The second-order valence-corrected chi connectivity index (χ2v) is 7.07. The van der Waals surface area contributed by atoms with Gasteiger partial charge in [-0.1, -0.05) is 19.9 Å². The maximum Gasteiger partial charge on any atom is 0.250 e. The van der Waals surface area contributed by atoms with Crippen LogP contribution in [0.1, 0.15) is 32.3 Å². The second-order valence-electron chi connectivity index (χ2n) is 7.07. The van der Waals surface area contributed by atoms with Gasteiger partial charge in [-0.2, -0.15) is 0 Å². The molecule has 1 aliphatic rings. The van der Waals surface area contributed by atoms with Gasteiger partial charge in [0.15, 0.2) is 11.5 Å². The first-order valence-corrected chi connectivity index (χ1v) is 9.67. The maximum absolute atomic E-state index is 13.3. The fourth-order valence-corrected chi connectivity index (χ4v) is 3.25. The number of halogens is 2. The van der Waals surface area contributed by atoms with Crippen molar-refractivity contribution in [1.29, 1.82) is 0 Å². The van der Waals surface area contributed by atoms with E-state index in [1.807, 2.05) is 23.1 Å². The summed E-state index contributed by atoms with van der Waals surface area (Å²) in [6.45, 7) is 7.96. The Morgan fingerprint density at radius 3 is 2.44 bits per heavy atom. The summed E-state index contributed by atoms with van der Waals surface area (Å²) >= 11 is 0. The topological polar surface area (TPSA) is 45.2 Å². The molecule has 1 heterocycles. The van der Waals surface area contributed by atoms with Crippen molar-refractivity contribution in [2.24, 2.45) is 0 Å². The van der Waals surface area contributed by atoms with Crippen LogP contribution < -0.4 is 9.47 Å². The molecule has 0 unspecified atom stereocenters. The molecule has 0 radical (unpaired) electrons. The summed E-state index contributed by atoms with van der Waals surface area (Å²) in [5.41, 5.74) is 0.981. The van der Waals surface area contributed by atoms with Crippen LogP contribution in [0.2, 0.25) is 0 Å². The SMILES string of the molecule is CCN(CC)C[C@@H](O)COc1cc(CN2CCC(F)(F)CC2)ccc1OC. The van der Waals surface area contributed by atoms with Gasteiger partial charge in [-0.15, -0.1) is 0 Å².